The molecule has 7 nitrogen and oxygen atoms in total. The average Bonchev–Trinajstić information content (AvgIpc) is 3.22. The SMILES string of the molecule is N=C1C(=N)C(c2ccc(N(c3ccccc3)c3ccccc3)cc2)=CC=C1c1ccc(N(c2ccccc2)c2ccccc2)cc1.Nc1ncccn1. The molecule has 53 heavy (non-hydrogen) atoms. The molecule has 7 heteroatoms. The summed E-state index contributed by atoms with van der Waals surface area (Å²) >= 11 is 0. The molecule has 1 heterocycles. The van der Waals surface area contributed by atoms with E-state index in [1.807, 2.05) is 109 Å². The lowest BCUT2D eigenvalue weighted by Gasteiger charge is -2.26. The molecule has 0 unspecified atom stereocenters. The van der Waals surface area contributed by atoms with Crippen LogP contribution in [-0.4, -0.2) is 21.4 Å². The summed E-state index contributed by atoms with van der Waals surface area (Å²) in [6, 6.07) is 59.4. The monoisotopic (exact) mass is 687 g/mol. The summed E-state index contributed by atoms with van der Waals surface area (Å²) in [5, 5.41) is 17.9. The zero-order chi connectivity index (χ0) is 36.4. The Balaban J connectivity index is 0.000000559. The van der Waals surface area contributed by atoms with Gasteiger partial charge in [-0.3, -0.25) is 10.8 Å². The zero-order valence-corrected chi connectivity index (χ0v) is 28.9. The first-order valence-corrected chi connectivity index (χ1v) is 17.2. The van der Waals surface area contributed by atoms with Crippen LogP contribution in [-0.2, 0) is 0 Å². The summed E-state index contributed by atoms with van der Waals surface area (Å²) in [5.41, 5.74) is 15.2. The average molecular weight is 688 g/mol. The second kappa shape index (κ2) is 16.1. The van der Waals surface area contributed by atoms with E-state index in [1.54, 1.807) is 18.5 Å². The Morgan fingerprint density at radius 1 is 0.358 bits per heavy atom. The van der Waals surface area contributed by atoms with Gasteiger partial charge in [0.05, 0.1) is 11.4 Å². The predicted octanol–water partition coefficient (Wildman–Crippen LogP) is 11.2. The number of benzene rings is 6. The number of nitrogens with zero attached hydrogens (tertiary/aromatic N) is 4. The van der Waals surface area contributed by atoms with Crippen molar-refractivity contribution in [2.24, 2.45) is 0 Å². The second-order valence-electron chi connectivity index (χ2n) is 12.1. The Labute approximate surface area is 309 Å². The van der Waals surface area contributed by atoms with Crippen molar-refractivity contribution in [3.8, 4) is 0 Å². The highest BCUT2D eigenvalue weighted by Crippen LogP contribution is 2.37. The fourth-order valence-corrected chi connectivity index (χ4v) is 6.18. The number of hydrogen-bond acceptors (Lipinski definition) is 7. The third kappa shape index (κ3) is 7.85. The number of nitrogens with one attached hydrogen (secondary N) is 2. The number of hydrogen-bond donors (Lipinski definition) is 3. The zero-order valence-electron chi connectivity index (χ0n) is 28.9. The maximum absolute atomic E-state index is 8.96. The van der Waals surface area contributed by atoms with Crippen LogP contribution in [0.25, 0.3) is 11.1 Å². The van der Waals surface area contributed by atoms with Crippen molar-refractivity contribution in [2.45, 2.75) is 0 Å². The molecule has 1 aliphatic carbocycles. The van der Waals surface area contributed by atoms with E-state index < -0.39 is 0 Å². The number of nitrogens with two attached hydrogens (primary N) is 1. The molecule has 6 aromatic carbocycles. The van der Waals surface area contributed by atoms with Crippen molar-refractivity contribution in [3.05, 3.63) is 212 Å². The molecule has 4 N–H and O–H groups in total. The Morgan fingerprint density at radius 3 is 0.906 bits per heavy atom. The predicted molar refractivity (Wildman–Crippen MR) is 220 cm³/mol. The lowest BCUT2D eigenvalue weighted by molar-refractivity contribution is 1.19. The molecule has 0 radical (unpaired) electrons. The third-order valence-corrected chi connectivity index (χ3v) is 8.72. The Hall–Kier alpha value is -7.38. The van der Waals surface area contributed by atoms with Crippen molar-refractivity contribution >= 4 is 62.6 Å². The van der Waals surface area contributed by atoms with Crippen LogP contribution in [0.3, 0.4) is 0 Å². The van der Waals surface area contributed by atoms with Crippen molar-refractivity contribution in [3.63, 3.8) is 0 Å². The number of aromatic nitrogens is 2. The molecule has 7 aromatic rings. The van der Waals surface area contributed by atoms with Gasteiger partial charge in [0.25, 0.3) is 0 Å². The van der Waals surface area contributed by atoms with Crippen molar-refractivity contribution in [1.82, 2.24) is 9.97 Å². The smallest absolute Gasteiger partial charge is 0.219 e. The van der Waals surface area contributed by atoms with Crippen molar-refractivity contribution in [2.75, 3.05) is 15.5 Å². The Kier molecular flexibility index (Phi) is 10.4. The molecule has 0 amide bonds. The number of rotatable bonds is 8. The molecule has 8 rings (SSSR count). The van der Waals surface area contributed by atoms with Crippen LogP contribution in [0, 0.1) is 10.8 Å². The maximum atomic E-state index is 8.96. The third-order valence-electron chi connectivity index (χ3n) is 8.72. The fourth-order valence-electron chi connectivity index (χ4n) is 6.18. The van der Waals surface area contributed by atoms with Gasteiger partial charge >= 0.3 is 0 Å². The molecular weight excluding hydrogens is 651 g/mol. The van der Waals surface area contributed by atoms with E-state index in [9.17, 15) is 0 Å². The largest absolute Gasteiger partial charge is 0.368 e. The van der Waals surface area contributed by atoms with Gasteiger partial charge in [-0.25, -0.2) is 9.97 Å². The molecule has 0 saturated heterocycles. The minimum atomic E-state index is 0.215. The topological polar surface area (TPSA) is 106 Å². The second-order valence-corrected chi connectivity index (χ2v) is 12.1. The van der Waals surface area contributed by atoms with Gasteiger partial charge in [0, 0.05) is 57.7 Å². The molecule has 0 bridgehead atoms. The molecule has 0 aliphatic heterocycles. The quantitative estimate of drug-likeness (QED) is 0.138. The number of para-hydroxylation sites is 4. The highest BCUT2D eigenvalue weighted by Gasteiger charge is 2.22. The van der Waals surface area contributed by atoms with E-state index in [-0.39, 0.29) is 11.4 Å². The summed E-state index contributed by atoms with van der Waals surface area (Å²) in [6.45, 7) is 0. The van der Waals surface area contributed by atoms with E-state index in [2.05, 4.69) is 92.6 Å². The first-order chi connectivity index (χ1) is 26.1. The van der Waals surface area contributed by atoms with Crippen LogP contribution in [0.5, 0.6) is 0 Å². The highest BCUT2D eigenvalue weighted by molar-refractivity contribution is 6.68. The Morgan fingerprint density at radius 2 is 0.642 bits per heavy atom. The number of nitrogen functional groups attached to an aromatic ring is 1. The molecule has 256 valence electrons. The van der Waals surface area contributed by atoms with E-state index in [0.717, 1.165) is 56.4 Å². The van der Waals surface area contributed by atoms with Crippen molar-refractivity contribution < 1.29 is 0 Å². The van der Waals surface area contributed by atoms with Gasteiger partial charge in [0.15, 0.2) is 0 Å². The normalized spacial score (nSPS) is 12.2. The van der Waals surface area contributed by atoms with Gasteiger partial charge in [-0.2, -0.15) is 0 Å². The number of allylic oxidation sites excluding steroid dienone is 4. The van der Waals surface area contributed by atoms with Gasteiger partial charge < -0.3 is 15.5 Å². The van der Waals surface area contributed by atoms with E-state index in [0.29, 0.717) is 5.95 Å². The van der Waals surface area contributed by atoms with Gasteiger partial charge in [0.1, 0.15) is 0 Å². The maximum Gasteiger partial charge on any atom is 0.219 e. The molecule has 1 aromatic heterocycles. The lowest BCUT2D eigenvalue weighted by atomic mass is 9.86. The van der Waals surface area contributed by atoms with E-state index in [1.165, 1.54) is 0 Å². The van der Waals surface area contributed by atoms with Crippen LogP contribution in [0.15, 0.2) is 200 Å². The Bertz CT molecular complexity index is 2110. The molecule has 1 aliphatic rings. The van der Waals surface area contributed by atoms with Gasteiger partial charge in [-0.05, 0) is 90.0 Å². The minimum Gasteiger partial charge on any atom is -0.368 e. The van der Waals surface area contributed by atoms with Gasteiger partial charge in [-0.15, -0.1) is 0 Å². The molecule has 0 spiro atoms. The first-order valence-electron chi connectivity index (χ1n) is 17.2. The van der Waals surface area contributed by atoms with Crippen LogP contribution < -0.4 is 15.5 Å². The van der Waals surface area contributed by atoms with E-state index >= 15 is 0 Å². The van der Waals surface area contributed by atoms with E-state index in [4.69, 9.17) is 16.6 Å². The van der Waals surface area contributed by atoms with Gasteiger partial charge in [-0.1, -0.05) is 109 Å². The number of anilines is 7. The molecule has 0 atom stereocenters. The minimum absolute atomic E-state index is 0.215. The van der Waals surface area contributed by atoms with Crippen LogP contribution in [0.4, 0.5) is 40.1 Å². The summed E-state index contributed by atoms with van der Waals surface area (Å²) < 4.78 is 0. The molecule has 0 saturated carbocycles. The highest BCUT2D eigenvalue weighted by atomic mass is 15.1. The summed E-state index contributed by atoms with van der Waals surface area (Å²) in [6.07, 6.45) is 7.13. The lowest BCUT2D eigenvalue weighted by Crippen LogP contribution is -2.19. The summed E-state index contributed by atoms with van der Waals surface area (Å²) in [5.74, 6) is 0.322. The fraction of sp³-hybridized carbons (Fsp3) is 0. The van der Waals surface area contributed by atoms with Crippen LogP contribution in [0.1, 0.15) is 11.1 Å². The summed E-state index contributed by atoms with van der Waals surface area (Å²) in [4.78, 5) is 11.7. The van der Waals surface area contributed by atoms with Crippen LogP contribution >= 0.6 is 0 Å². The standard InChI is InChI=1S/C42H32N4.C4H5N3/c43-41-39(31-21-25-37(26-22-31)45(33-13-5-1-6-14-33)34-15-7-2-8-16-34)29-30-40(42(41)44)32-23-27-38(28-24-32)46(35-17-9-3-10-18-35)36-19-11-4-12-20-36;5-4-6-2-1-3-7-4/h1-30,43-44H;1-3H,(H2,5,6,7). The van der Waals surface area contributed by atoms with Crippen molar-refractivity contribution in [1.29, 1.82) is 10.8 Å². The summed E-state index contributed by atoms with van der Waals surface area (Å²) in [7, 11) is 0. The van der Waals surface area contributed by atoms with Crippen LogP contribution in [0.2, 0.25) is 0 Å². The van der Waals surface area contributed by atoms with Gasteiger partial charge in [0.2, 0.25) is 5.95 Å². The molecular formula is C46H37N7. The first kappa shape index (κ1) is 34.1. The molecule has 0 fully saturated rings.